The Morgan fingerprint density at radius 1 is 1.10 bits per heavy atom. The number of fused-ring (bicyclic) bond motifs is 1. The van der Waals surface area contributed by atoms with Crippen molar-refractivity contribution >= 4 is 43.3 Å². The number of para-hydroxylation sites is 1. The van der Waals surface area contributed by atoms with Crippen LogP contribution in [-0.2, 0) is 16.4 Å². The number of ether oxygens (including phenoxy) is 1. The number of aromatic nitrogens is 2. The van der Waals surface area contributed by atoms with Crippen LogP contribution in [0.1, 0.15) is 0 Å². The third-order valence-electron chi connectivity index (χ3n) is 5.12. The molecule has 0 spiro atoms. The minimum atomic E-state index is -3.83. The molecule has 0 N–H and O–H groups in total. The Balaban J connectivity index is 1.70. The van der Waals surface area contributed by atoms with Gasteiger partial charge in [0.25, 0.3) is 0 Å². The maximum atomic E-state index is 13.6. The van der Waals surface area contributed by atoms with Crippen molar-refractivity contribution in [3.8, 4) is 5.75 Å². The zero-order valence-corrected chi connectivity index (χ0v) is 17.2. The summed E-state index contributed by atoms with van der Waals surface area (Å²) in [6.07, 6.45) is -0.219. The van der Waals surface area contributed by atoms with E-state index in [-0.39, 0.29) is 16.0 Å². The fourth-order valence-corrected chi connectivity index (χ4v) is 5.68. The minimum Gasteiger partial charge on any atom is -0.485 e. The predicted octanol–water partition coefficient (Wildman–Crippen LogP) is 3.87. The van der Waals surface area contributed by atoms with Crippen molar-refractivity contribution in [1.82, 2.24) is 14.2 Å². The molecular formula is C21H18ClN3O3S. The lowest BCUT2D eigenvalue weighted by atomic mass is 10.1. The summed E-state index contributed by atoms with van der Waals surface area (Å²) in [5.41, 5.74) is 0.694. The maximum absolute atomic E-state index is 13.6. The van der Waals surface area contributed by atoms with Gasteiger partial charge in [0.05, 0.1) is 18.0 Å². The summed E-state index contributed by atoms with van der Waals surface area (Å²) >= 11 is 5.98. The quantitative estimate of drug-likeness (QED) is 0.462. The molecule has 1 atom stereocenters. The Kier molecular flexibility index (Phi) is 4.27. The van der Waals surface area contributed by atoms with E-state index in [1.807, 2.05) is 36.4 Å². The molecule has 8 heteroatoms. The van der Waals surface area contributed by atoms with E-state index in [9.17, 15) is 8.42 Å². The van der Waals surface area contributed by atoms with Crippen molar-refractivity contribution in [2.45, 2.75) is 22.6 Å². The highest BCUT2D eigenvalue weighted by molar-refractivity contribution is 7.91. The lowest BCUT2D eigenvalue weighted by molar-refractivity contribution is 0.145. The Morgan fingerprint density at radius 3 is 2.66 bits per heavy atom. The van der Waals surface area contributed by atoms with Crippen LogP contribution in [0, 0.1) is 0 Å². The molecule has 0 amide bonds. The van der Waals surface area contributed by atoms with Crippen LogP contribution in [0.25, 0.3) is 21.7 Å². The first-order chi connectivity index (χ1) is 13.9. The third-order valence-corrected chi connectivity index (χ3v) is 7.00. The maximum Gasteiger partial charge on any atom is 0.226 e. The van der Waals surface area contributed by atoms with Crippen molar-refractivity contribution in [3.63, 3.8) is 0 Å². The molecule has 0 saturated heterocycles. The van der Waals surface area contributed by atoms with Crippen LogP contribution in [0.5, 0.6) is 5.75 Å². The summed E-state index contributed by atoms with van der Waals surface area (Å²) in [6, 6.07) is 18.1. The Hall–Kier alpha value is -2.61. The molecule has 6 nitrogen and oxygen atoms in total. The van der Waals surface area contributed by atoms with Crippen molar-refractivity contribution in [2.24, 2.45) is 0 Å². The van der Waals surface area contributed by atoms with Gasteiger partial charge < -0.3 is 4.74 Å². The molecule has 0 aliphatic carbocycles. The van der Waals surface area contributed by atoms with Gasteiger partial charge in [-0.15, -0.1) is 0 Å². The van der Waals surface area contributed by atoms with Crippen LogP contribution in [-0.4, -0.2) is 42.3 Å². The number of hydrogen-bond donors (Lipinski definition) is 0. The average molecular weight is 428 g/mol. The fourth-order valence-electron chi connectivity index (χ4n) is 3.92. The van der Waals surface area contributed by atoms with Gasteiger partial charge in [-0.1, -0.05) is 42.5 Å². The summed E-state index contributed by atoms with van der Waals surface area (Å²) in [4.78, 5) is 0.254. The molecule has 0 saturated carbocycles. The van der Waals surface area contributed by atoms with E-state index in [1.165, 1.54) is 4.42 Å². The second-order valence-electron chi connectivity index (χ2n) is 7.15. The second-order valence-corrected chi connectivity index (χ2v) is 9.56. The number of nitrogens with zero attached hydrogens (tertiary/aromatic N) is 3. The summed E-state index contributed by atoms with van der Waals surface area (Å²) in [6.45, 7) is 0.915. The summed E-state index contributed by atoms with van der Waals surface area (Å²) in [5, 5.41) is 6.69. The predicted molar refractivity (Wildman–Crippen MR) is 112 cm³/mol. The van der Waals surface area contributed by atoms with E-state index in [2.05, 4.69) is 5.10 Å². The molecule has 29 heavy (non-hydrogen) atoms. The SMILES string of the molecule is CN(Cl)CC1Cn2nc(S(=O)(=O)c3cccc4ccccc34)c3cccc(c32)O1. The highest BCUT2D eigenvalue weighted by Gasteiger charge is 2.31. The number of benzene rings is 3. The van der Waals surface area contributed by atoms with Gasteiger partial charge in [0.1, 0.15) is 17.4 Å². The van der Waals surface area contributed by atoms with E-state index in [4.69, 9.17) is 16.5 Å². The highest BCUT2D eigenvalue weighted by atomic mass is 35.5. The Labute approximate surface area is 173 Å². The van der Waals surface area contributed by atoms with E-state index in [0.717, 1.165) is 5.39 Å². The molecule has 0 radical (unpaired) electrons. The van der Waals surface area contributed by atoms with Gasteiger partial charge in [-0.05, 0) is 35.4 Å². The molecule has 1 aliphatic heterocycles. The first kappa shape index (κ1) is 18.4. The largest absolute Gasteiger partial charge is 0.485 e. The van der Waals surface area contributed by atoms with Crippen LogP contribution < -0.4 is 4.74 Å². The fraction of sp³-hybridized carbons (Fsp3) is 0.190. The topological polar surface area (TPSA) is 64.4 Å². The van der Waals surface area contributed by atoms with Gasteiger partial charge in [-0.25, -0.2) is 12.8 Å². The Morgan fingerprint density at radius 2 is 1.83 bits per heavy atom. The summed E-state index contributed by atoms with van der Waals surface area (Å²) in [7, 11) is -2.08. The van der Waals surface area contributed by atoms with Crippen LogP contribution in [0.4, 0.5) is 0 Å². The summed E-state index contributed by atoms with van der Waals surface area (Å²) in [5.74, 6) is 0.615. The van der Waals surface area contributed by atoms with Gasteiger partial charge in [0.15, 0.2) is 5.03 Å². The zero-order valence-electron chi connectivity index (χ0n) is 15.6. The number of hydrogen-bond acceptors (Lipinski definition) is 5. The number of sulfone groups is 1. The van der Waals surface area contributed by atoms with Gasteiger partial charge in [-0.3, -0.25) is 4.68 Å². The molecule has 148 valence electrons. The van der Waals surface area contributed by atoms with Gasteiger partial charge in [-0.2, -0.15) is 5.10 Å². The monoisotopic (exact) mass is 427 g/mol. The standard InChI is InChI=1S/C21H18ClN3O3S/c1-24(22)12-15-13-25-20-17(9-5-10-18(20)28-15)21(23-25)29(26,27)19-11-4-7-14-6-2-3-8-16(14)19/h2-11,15H,12-13H2,1H3. The number of likely N-dealkylation sites (N-methyl/N-ethyl adjacent to an activating group) is 1. The van der Waals surface area contributed by atoms with Crippen molar-refractivity contribution in [1.29, 1.82) is 0 Å². The minimum absolute atomic E-state index is 0.0502. The smallest absolute Gasteiger partial charge is 0.226 e. The molecule has 1 aliphatic rings. The molecule has 4 aromatic rings. The molecule has 1 unspecified atom stereocenters. The normalized spacial score (nSPS) is 16.4. The van der Waals surface area contributed by atoms with Crippen LogP contribution in [0.3, 0.4) is 0 Å². The average Bonchev–Trinajstić information content (AvgIpc) is 3.08. The lowest BCUT2D eigenvalue weighted by Crippen LogP contribution is -2.35. The number of rotatable bonds is 4. The molecule has 2 heterocycles. The Bertz CT molecular complexity index is 1340. The third kappa shape index (κ3) is 2.97. The first-order valence-corrected chi connectivity index (χ1v) is 11.0. The van der Waals surface area contributed by atoms with Crippen LogP contribution in [0.2, 0.25) is 0 Å². The zero-order chi connectivity index (χ0) is 20.2. The van der Waals surface area contributed by atoms with Crippen molar-refractivity contribution in [3.05, 3.63) is 60.7 Å². The highest BCUT2D eigenvalue weighted by Crippen LogP contribution is 2.37. The lowest BCUT2D eigenvalue weighted by Gasteiger charge is -2.26. The van der Waals surface area contributed by atoms with E-state index in [0.29, 0.717) is 35.1 Å². The van der Waals surface area contributed by atoms with Crippen LogP contribution in [0.15, 0.2) is 70.6 Å². The van der Waals surface area contributed by atoms with E-state index in [1.54, 1.807) is 36.0 Å². The molecule has 5 rings (SSSR count). The number of halogens is 1. The van der Waals surface area contributed by atoms with E-state index >= 15 is 0 Å². The van der Waals surface area contributed by atoms with Crippen LogP contribution >= 0.6 is 11.8 Å². The van der Waals surface area contributed by atoms with Gasteiger partial charge in [0.2, 0.25) is 9.84 Å². The van der Waals surface area contributed by atoms with Crippen molar-refractivity contribution < 1.29 is 13.2 Å². The molecule has 0 bridgehead atoms. The first-order valence-electron chi connectivity index (χ1n) is 9.21. The summed E-state index contributed by atoms with van der Waals surface area (Å²) < 4.78 is 36.5. The molecule has 3 aromatic carbocycles. The molecular weight excluding hydrogens is 410 g/mol. The second kappa shape index (κ2) is 6.73. The van der Waals surface area contributed by atoms with Crippen molar-refractivity contribution in [2.75, 3.05) is 13.6 Å². The van der Waals surface area contributed by atoms with Gasteiger partial charge in [0, 0.05) is 17.8 Å². The molecule has 1 aromatic heterocycles. The van der Waals surface area contributed by atoms with E-state index < -0.39 is 9.84 Å². The molecule has 0 fully saturated rings. The van der Waals surface area contributed by atoms with Gasteiger partial charge >= 0.3 is 0 Å².